The minimum Gasteiger partial charge on any atom is -0.480 e. The quantitative estimate of drug-likeness (QED) is 0.797. The van der Waals surface area contributed by atoms with Gasteiger partial charge >= 0.3 is 5.97 Å². The van der Waals surface area contributed by atoms with Gasteiger partial charge in [-0.25, -0.2) is 4.79 Å². The Hall–Kier alpha value is -1.75. The Kier molecular flexibility index (Phi) is 6.91. The van der Waals surface area contributed by atoms with Crippen molar-refractivity contribution in [3.63, 3.8) is 0 Å². The van der Waals surface area contributed by atoms with Crippen molar-refractivity contribution < 1.29 is 19.1 Å². The molecule has 0 heterocycles. The highest BCUT2D eigenvalue weighted by molar-refractivity contribution is 6.32. The molecule has 0 spiro atoms. The Labute approximate surface area is 147 Å². The first-order valence-corrected chi connectivity index (χ1v) is 8.67. The lowest BCUT2D eigenvalue weighted by atomic mass is 9.78. The molecule has 132 valence electrons. The van der Waals surface area contributed by atoms with Crippen LogP contribution in [0.4, 0.5) is 0 Å². The minimum absolute atomic E-state index is 0.152. The maximum atomic E-state index is 11.9. The number of esters is 1. The molecule has 1 aliphatic rings. The molecule has 1 aromatic carbocycles. The molecule has 0 aromatic heterocycles. The summed E-state index contributed by atoms with van der Waals surface area (Å²) in [5.74, 6) is 0.560. The fraction of sp³-hybridized carbons (Fsp3) is 0.556. The fourth-order valence-corrected chi connectivity index (χ4v) is 3.11. The summed E-state index contributed by atoms with van der Waals surface area (Å²) in [5, 5.41) is 3.38. The standard InChI is InChI=1S/C18H24ClNO4/c1-12-6-5-8-15(13(12)2)20-17(21)10-24-18(22)11-23-16-9-4-3-7-14(16)19/h3-4,7,9,12-13,15H,5-6,8,10-11H2,1-2H3,(H,20,21)/t12-,13-,15-/m1/s1. The molecular weight excluding hydrogens is 330 g/mol. The Morgan fingerprint density at radius 1 is 1.21 bits per heavy atom. The van der Waals surface area contributed by atoms with E-state index in [1.807, 2.05) is 0 Å². The largest absolute Gasteiger partial charge is 0.480 e. The molecule has 1 aromatic rings. The van der Waals surface area contributed by atoms with E-state index < -0.39 is 5.97 Å². The van der Waals surface area contributed by atoms with Gasteiger partial charge in [-0.1, -0.05) is 50.4 Å². The molecule has 0 radical (unpaired) electrons. The van der Waals surface area contributed by atoms with Crippen molar-refractivity contribution in [1.82, 2.24) is 5.32 Å². The number of carbonyl (C=O) groups is 2. The first-order chi connectivity index (χ1) is 11.5. The minimum atomic E-state index is -0.602. The van der Waals surface area contributed by atoms with Crippen LogP contribution in [0.15, 0.2) is 24.3 Å². The van der Waals surface area contributed by atoms with Crippen LogP contribution in [0.1, 0.15) is 33.1 Å². The molecule has 0 bridgehead atoms. The van der Waals surface area contributed by atoms with Gasteiger partial charge in [0.1, 0.15) is 5.75 Å². The van der Waals surface area contributed by atoms with E-state index in [1.54, 1.807) is 24.3 Å². The molecule has 5 nitrogen and oxygen atoms in total. The molecule has 1 N–H and O–H groups in total. The van der Waals surface area contributed by atoms with Gasteiger partial charge in [-0.3, -0.25) is 4.79 Å². The van der Waals surface area contributed by atoms with E-state index in [2.05, 4.69) is 19.2 Å². The molecular formula is C18H24ClNO4. The first kappa shape index (κ1) is 18.6. The van der Waals surface area contributed by atoms with Crippen LogP contribution < -0.4 is 10.1 Å². The lowest BCUT2D eigenvalue weighted by Gasteiger charge is -2.34. The third kappa shape index (κ3) is 5.41. The lowest BCUT2D eigenvalue weighted by molar-refractivity contribution is -0.150. The van der Waals surface area contributed by atoms with E-state index in [4.69, 9.17) is 21.1 Å². The third-order valence-corrected chi connectivity index (χ3v) is 4.91. The molecule has 3 atom stereocenters. The molecule has 0 saturated heterocycles. The summed E-state index contributed by atoms with van der Waals surface area (Å²) < 4.78 is 10.2. The molecule has 6 heteroatoms. The zero-order valence-electron chi connectivity index (χ0n) is 14.1. The molecule has 1 saturated carbocycles. The zero-order valence-corrected chi connectivity index (χ0v) is 14.8. The summed E-state index contributed by atoms with van der Waals surface area (Å²) in [6.07, 6.45) is 3.28. The van der Waals surface area contributed by atoms with E-state index >= 15 is 0 Å². The monoisotopic (exact) mass is 353 g/mol. The Morgan fingerprint density at radius 3 is 2.71 bits per heavy atom. The highest BCUT2D eigenvalue weighted by Gasteiger charge is 2.28. The number of amides is 1. The summed E-state index contributed by atoms with van der Waals surface area (Å²) in [4.78, 5) is 23.6. The van der Waals surface area contributed by atoms with Crippen molar-refractivity contribution in [1.29, 1.82) is 0 Å². The molecule has 1 fully saturated rings. The molecule has 0 unspecified atom stereocenters. The molecule has 1 amide bonds. The first-order valence-electron chi connectivity index (χ1n) is 8.29. The van der Waals surface area contributed by atoms with Gasteiger partial charge in [-0.15, -0.1) is 0 Å². The number of para-hydroxylation sites is 1. The number of halogens is 1. The van der Waals surface area contributed by atoms with Gasteiger partial charge in [-0.2, -0.15) is 0 Å². The highest BCUT2D eigenvalue weighted by Crippen LogP contribution is 2.29. The summed E-state index contributed by atoms with van der Waals surface area (Å²) >= 11 is 5.93. The van der Waals surface area contributed by atoms with Crippen molar-refractivity contribution in [3.8, 4) is 5.75 Å². The topological polar surface area (TPSA) is 64.6 Å². The van der Waals surface area contributed by atoms with Crippen molar-refractivity contribution in [2.45, 2.75) is 39.2 Å². The maximum absolute atomic E-state index is 11.9. The summed E-state index contributed by atoms with van der Waals surface area (Å²) in [5.41, 5.74) is 0. The van der Waals surface area contributed by atoms with Crippen LogP contribution in [-0.4, -0.2) is 31.1 Å². The van der Waals surface area contributed by atoms with Gasteiger partial charge in [0, 0.05) is 6.04 Å². The zero-order chi connectivity index (χ0) is 17.5. The van der Waals surface area contributed by atoms with Crippen LogP contribution >= 0.6 is 11.6 Å². The predicted molar refractivity (Wildman–Crippen MR) is 92.0 cm³/mol. The second-order valence-corrected chi connectivity index (χ2v) is 6.73. The van der Waals surface area contributed by atoms with Crippen LogP contribution in [0.5, 0.6) is 5.75 Å². The molecule has 1 aliphatic carbocycles. The van der Waals surface area contributed by atoms with E-state index in [9.17, 15) is 9.59 Å². The van der Waals surface area contributed by atoms with Crippen LogP contribution in [0.3, 0.4) is 0 Å². The van der Waals surface area contributed by atoms with Crippen LogP contribution in [0.2, 0.25) is 5.02 Å². The lowest BCUT2D eigenvalue weighted by Crippen LogP contribution is -2.45. The van der Waals surface area contributed by atoms with E-state index in [1.165, 1.54) is 6.42 Å². The molecule has 2 rings (SSSR count). The van der Waals surface area contributed by atoms with Gasteiger partial charge < -0.3 is 14.8 Å². The number of hydrogen-bond acceptors (Lipinski definition) is 4. The van der Waals surface area contributed by atoms with Gasteiger partial charge in [0.2, 0.25) is 0 Å². The Bertz CT molecular complexity index is 578. The van der Waals surface area contributed by atoms with Crippen LogP contribution in [-0.2, 0) is 14.3 Å². The summed E-state index contributed by atoms with van der Waals surface area (Å²) in [6, 6.07) is 7.01. The predicted octanol–water partition coefficient (Wildman–Crippen LogP) is 3.20. The van der Waals surface area contributed by atoms with E-state index in [0.717, 1.165) is 12.8 Å². The van der Waals surface area contributed by atoms with Crippen LogP contribution in [0, 0.1) is 11.8 Å². The van der Waals surface area contributed by atoms with Gasteiger partial charge in [0.15, 0.2) is 13.2 Å². The van der Waals surface area contributed by atoms with Crippen LogP contribution in [0.25, 0.3) is 0 Å². The summed E-state index contributed by atoms with van der Waals surface area (Å²) in [7, 11) is 0. The fourth-order valence-electron chi connectivity index (χ4n) is 2.92. The van der Waals surface area contributed by atoms with E-state index in [-0.39, 0.29) is 25.2 Å². The SMILES string of the molecule is C[C@@H]1[C@H](C)CCC[C@H]1NC(=O)COC(=O)COc1ccccc1Cl. The number of carbonyl (C=O) groups excluding carboxylic acids is 2. The second kappa shape index (κ2) is 8.92. The highest BCUT2D eigenvalue weighted by atomic mass is 35.5. The Balaban J connectivity index is 1.69. The number of nitrogens with one attached hydrogen (secondary N) is 1. The number of rotatable bonds is 6. The smallest absolute Gasteiger partial charge is 0.344 e. The molecule has 24 heavy (non-hydrogen) atoms. The number of ether oxygens (including phenoxy) is 2. The van der Waals surface area contributed by atoms with E-state index in [0.29, 0.717) is 22.6 Å². The average molecular weight is 354 g/mol. The van der Waals surface area contributed by atoms with Crippen molar-refractivity contribution in [3.05, 3.63) is 29.3 Å². The number of hydrogen-bond donors (Lipinski definition) is 1. The van der Waals surface area contributed by atoms with Crippen molar-refractivity contribution >= 4 is 23.5 Å². The van der Waals surface area contributed by atoms with Crippen molar-refractivity contribution in [2.24, 2.45) is 11.8 Å². The molecule has 0 aliphatic heterocycles. The average Bonchev–Trinajstić information content (AvgIpc) is 2.56. The summed E-state index contributed by atoms with van der Waals surface area (Å²) in [6.45, 7) is 3.78. The third-order valence-electron chi connectivity index (χ3n) is 4.60. The normalized spacial score (nSPS) is 23.4. The van der Waals surface area contributed by atoms with Gasteiger partial charge in [-0.05, 0) is 30.4 Å². The second-order valence-electron chi connectivity index (χ2n) is 6.32. The number of benzene rings is 1. The van der Waals surface area contributed by atoms with Gasteiger partial charge in [0.25, 0.3) is 5.91 Å². The van der Waals surface area contributed by atoms with Gasteiger partial charge in [0.05, 0.1) is 5.02 Å². The Morgan fingerprint density at radius 2 is 1.96 bits per heavy atom. The van der Waals surface area contributed by atoms with Crippen molar-refractivity contribution in [2.75, 3.05) is 13.2 Å². The maximum Gasteiger partial charge on any atom is 0.344 e.